The van der Waals surface area contributed by atoms with Crippen LogP contribution in [0.25, 0.3) is 0 Å². The second-order valence-corrected chi connectivity index (χ2v) is 3.98. The summed E-state index contributed by atoms with van der Waals surface area (Å²) in [7, 11) is 0. The highest BCUT2D eigenvalue weighted by molar-refractivity contribution is 6.29. The lowest BCUT2D eigenvalue weighted by Gasteiger charge is -2.16. The Balaban J connectivity index is 2.37. The summed E-state index contributed by atoms with van der Waals surface area (Å²) in [5.74, 6) is -0.486. The Morgan fingerprint density at radius 3 is 2.42 bits per heavy atom. The fourth-order valence-electron chi connectivity index (χ4n) is 1.59. The van der Waals surface area contributed by atoms with Gasteiger partial charge in [-0.05, 0) is 23.7 Å². The van der Waals surface area contributed by atoms with Crippen molar-refractivity contribution in [3.63, 3.8) is 0 Å². The average molecular weight is 293 g/mol. The predicted octanol–water partition coefficient (Wildman–Crippen LogP) is 3.91. The summed E-state index contributed by atoms with van der Waals surface area (Å²) >= 11 is 5.68. The third-order valence-corrected chi connectivity index (χ3v) is 2.69. The highest BCUT2D eigenvalue weighted by atomic mass is 35.5. The summed E-state index contributed by atoms with van der Waals surface area (Å²) in [5.41, 5.74) is 0.114. The van der Waals surface area contributed by atoms with Gasteiger partial charge in [0.2, 0.25) is 0 Å². The Bertz CT molecular complexity index is 565. The van der Waals surface area contributed by atoms with E-state index in [-0.39, 0.29) is 16.3 Å². The van der Waals surface area contributed by atoms with Crippen LogP contribution in [0.5, 0.6) is 5.75 Å². The number of furan rings is 1. The fraction of sp³-hybridized carbons (Fsp3) is 0.167. The van der Waals surface area contributed by atoms with Crippen LogP contribution in [-0.2, 0) is 0 Å². The standard InChI is InChI=1S/C12H8ClF3O3/c13-11-8(5-6-18-11)10(17)7-3-1-2-4-9(7)19-12(14,15)16/h1-6,10,17H. The molecule has 7 heteroatoms. The van der Waals surface area contributed by atoms with E-state index in [1.807, 2.05) is 0 Å². The lowest BCUT2D eigenvalue weighted by Crippen LogP contribution is -2.18. The van der Waals surface area contributed by atoms with Crippen molar-refractivity contribution in [2.45, 2.75) is 12.5 Å². The Kier molecular flexibility index (Phi) is 3.73. The zero-order valence-corrected chi connectivity index (χ0v) is 10.1. The van der Waals surface area contributed by atoms with E-state index in [9.17, 15) is 18.3 Å². The molecular formula is C12H8ClF3O3. The molecule has 0 saturated carbocycles. The number of halogens is 4. The highest BCUT2D eigenvalue weighted by Crippen LogP contribution is 2.35. The van der Waals surface area contributed by atoms with Gasteiger partial charge in [0.1, 0.15) is 11.9 Å². The number of para-hydroxylation sites is 1. The molecule has 0 spiro atoms. The first-order chi connectivity index (χ1) is 8.88. The van der Waals surface area contributed by atoms with Crippen LogP contribution in [-0.4, -0.2) is 11.5 Å². The van der Waals surface area contributed by atoms with E-state index in [2.05, 4.69) is 4.74 Å². The number of alkyl halides is 3. The molecule has 19 heavy (non-hydrogen) atoms. The molecule has 1 heterocycles. The number of rotatable bonds is 3. The predicted molar refractivity (Wildman–Crippen MR) is 60.9 cm³/mol. The van der Waals surface area contributed by atoms with E-state index in [1.54, 1.807) is 0 Å². The van der Waals surface area contributed by atoms with E-state index >= 15 is 0 Å². The zero-order valence-electron chi connectivity index (χ0n) is 9.32. The third kappa shape index (κ3) is 3.21. The SMILES string of the molecule is OC(c1ccccc1OC(F)(F)F)c1ccoc1Cl. The summed E-state index contributed by atoms with van der Waals surface area (Å²) in [6.45, 7) is 0. The lowest BCUT2D eigenvalue weighted by atomic mass is 10.0. The molecule has 0 aliphatic heterocycles. The van der Waals surface area contributed by atoms with Gasteiger partial charge in [0, 0.05) is 11.1 Å². The van der Waals surface area contributed by atoms with Gasteiger partial charge in [-0.25, -0.2) is 0 Å². The highest BCUT2D eigenvalue weighted by Gasteiger charge is 2.33. The summed E-state index contributed by atoms with van der Waals surface area (Å²) < 4.78 is 45.4. The minimum absolute atomic E-state index is 0.0527. The Hall–Kier alpha value is -1.66. The van der Waals surface area contributed by atoms with Crippen molar-refractivity contribution in [3.8, 4) is 5.75 Å². The Labute approximate surface area is 111 Å². The molecule has 0 bridgehead atoms. The quantitative estimate of drug-likeness (QED) is 0.932. The first kappa shape index (κ1) is 13.8. The molecule has 1 N–H and O–H groups in total. The molecule has 1 unspecified atom stereocenters. The molecule has 1 aromatic heterocycles. The number of aliphatic hydroxyl groups is 1. The Morgan fingerprint density at radius 2 is 1.84 bits per heavy atom. The van der Waals surface area contributed by atoms with Crippen LogP contribution in [0.3, 0.4) is 0 Å². The topological polar surface area (TPSA) is 42.6 Å². The minimum atomic E-state index is -4.84. The molecule has 0 aliphatic rings. The van der Waals surface area contributed by atoms with E-state index in [0.29, 0.717) is 0 Å². The van der Waals surface area contributed by atoms with Gasteiger partial charge in [0.25, 0.3) is 0 Å². The summed E-state index contributed by atoms with van der Waals surface area (Å²) in [5, 5.41) is 9.96. The zero-order chi connectivity index (χ0) is 14.0. The summed E-state index contributed by atoms with van der Waals surface area (Å²) in [6.07, 6.45) is -4.98. The van der Waals surface area contributed by atoms with Crippen LogP contribution in [0, 0.1) is 0 Å². The van der Waals surface area contributed by atoms with Crippen LogP contribution in [0.4, 0.5) is 13.2 Å². The van der Waals surface area contributed by atoms with Gasteiger partial charge in [0.15, 0.2) is 5.22 Å². The number of aliphatic hydroxyl groups excluding tert-OH is 1. The monoisotopic (exact) mass is 292 g/mol. The van der Waals surface area contributed by atoms with Gasteiger partial charge in [-0.3, -0.25) is 0 Å². The van der Waals surface area contributed by atoms with Crippen molar-refractivity contribution in [1.82, 2.24) is 0 Å². The van der Waals surface area contributed by atoms with Crippen LogP contribution in [0.2, 0.25) is 5.22 Å². The van der Waals surface area contributed by atoms with Crippen LogP contribution in [0.1, 0.15) is 17.2 Å². The molecule has 0 fully saturated rings. The van der Waals surface area contributed by atoms with Crippen molar-refractivity contribution in [3.05, 3.63) is 52.9 Å². The Morgan fingerprint density at radius 1 is 1.16 bits per heavy atom. The van der Waals surface area contributed by atoms with E-state index < -0.39 is 18.2 Å². The largest absolute Gasteiger partial charge is 0.573 e. The number of benzene rings is 1. The molecule has 1 aromatic carbocycles. The first-order valence-electron chi connectivity index (χ1n) is 5.14. The van der Waals surface area contributed by atoms with Gasteiger partial charge in [0.05, 0.1) is 6.26 Å². The smallest absolute Gasteiger partial charge is 0.453 e. The molecule has 0 aliphatic carbocycles. The fourth-order valence-corrected chi connectivity index (χ4v) is 1.81. The van der Waals surface area contributed by atoms with Crippen LogP contribution < -0.4 is 4.74 Å². The van der Waals surface area contributed by atoms with E-state index in [4.69, 9.17) is 16.0 Å². The van der Waals surface area contributed by atoms with E-state index in [0.717, 1.165) is 6.07 Å². The first-order valence-corrected chi connectivity index (χ1v) is 5.52. The molecule has 2 aromatic rings. The van der Waals surface area contributed by atoms with Crippen molar-refractivity contribution >= 4 is 11.6 Å². The molecule has 2 rings (SSSR count). The summed E-state index contributed by atoms with van der Waals surface area (Å²) in [6, 6.07) is 6.65. The third-order valence-electron chi connectivity index (χ3n) is 2.38. The molecule has 0 saturated heterocycles. The van der Waals surface area contributed by atoms with Gasteiger partial charge in [-0.2, -0.15) is 0 Å². The van der Waals surface area contributed by atoms with Gasteiger partial charge in [-0.1, -0.05) is 18.2 Å². The lowest BCUT2D eigenvalue weighted by molar-refractivity contribution is -0.275. The molecule has 0 amide bonds. The van der Waals surface area contributed by atoms with Gasteiger partial charge in [-0.15, -0.1) is 13.2 Å². The number of hydrogen-bond donors (Lipinski definition) is 1. The minimum Gasteiger partial charge on any atom is -0.453 e. The van der Waals surface area contributed by atoms with Gasteiger partial charge >= 0.3 is 6.36 Å². The van der Waals surface area contributed by atoms with Crippen LogP contribution >= 0.6 is 11.6 Å². The summed E-state index contributed by atoms with van der Waals surface area (Å²) in [4.78, 5) is 0. The molecule has 0 radical (unpaired) electrons. The number of hydrogen-bond acceptors (Lipinski definition) is 3. The number of ether oxygens (including phenoxy) is 1. The second-order valence-electron chi connectivity index (χ2n) is 3.64. The van der Waals surface area contributed by atoms with Crippen molar-refractivity contribution in [2.75, 3.05) is 0 Å². The maximum Gasteiger partial charge on any atom is 0.573 e. The second kappa shape index (κ2) is 5.14. The molecular weight excluding hydrogens is 285 g/mol. The van der Waals surface area contributed by atoms with Crippen molar-refractivity contribution < 1.29 is 27.4 Å². The molecule has 3 nitrogen and oxygen atoms in total. The molecule has 102 valence electrons. The average Bonchev–Trinajstić information content (AvgIpc) is 2.73. The van der Waals surface area contributed by atoms with Crippen molar-refractivity contribution in [1.29, 1.82) is 0 Å². The maximum absolute atomic E-state index is 12.3. The maximum atomic E-state index is 12.3. The normalized spacial score (nSPS) is 13.3. The van der Waals surface area contributed by atoms with E-state index in [1.165, 1.54) is 30.5 Å². The molecule has 1 atom stereocenters. The van der Waals surface area contributed by atoms with Crippen molar-refractivity contribution in [2.24, 2.45) is 0 Å². The van der Waals surface area contributed by atoms with Crippen LogP contribution in [0.15, 0.2) is 41.0 Å². The van der Waals surface area contributed by atoms with Gasteiger partial charge < -0.3 is 14.3 Å².